The first-order valence-corrected chi connectivity index (χ1v) is 8.28. The van der Waals surface area contributed by atoms with Gasteiger partial charge in [-0.15, -0.1) is 0 Å². The lowest BCUT2D eigenvalue weighted by Gasteiger charge is -2.28. The molecule has 2 aromatic carbocycles. The van der Waals surface area contributed by atoms with E-state index in [2.05, 4.69) is 39.8 Å². The Labute approximate surface area is 142 Å². The number of carbonyl (C=O) groups excluding carboxylic acids is 1. The van der Waals surface area contributed by atoms with Gasteiger partial charge in [-0.05, 0) is 23.3 Å². The van der Waals surface area contributed by atoms with E-state index in [1.807, 2.05) is 30.3 Å². The molecule has 1 fully saturated rings. The fourth-order valence-electron chi connectivity index (χ4n) is 2.67. The van der Waals surface area contributed by atoms with Crippen LogP contribution < -0.4 is 15.5 Å². The summed E-state index contributed by atoms with van der Waals surface area (Å²) in [7, 11) is 0. The maximum Gasteiger partial charge on any atom is 0.315 e. The summed E-state index contributed by atoms with van der Waals surface area (Å²) in [6.45, 7) is 4.47. The molecule has 1 aliphatic heterocycles. The summed E-state index contributed by atoms with van der Waals surface area (Å²) >= 11 is 0. The molecule has 2 amide bonds. The summed E-state index contributed by atoms with van der Waals surface area (Å²) in [6, 6.07) is 18.0. The molecular formula is C19H23N3O2. The first-order chi connectivity index (χ1) is 11.8. The van der Waals surface area contributed by atoms with E-state index in [0.717, 1.165) is 37.4 Å². The van der Waals surface area contributed by atoms with Gasteiger partial charge in [0.15, 0.2) is 0 Å². The first kappa shape index (κ1) is 16.3. The Hall–Kier alpha value is -2.53. The van der Waals surface area contributed by atoms with E-state index in [0.29, 0.717) is 13.1 Å². The van der Waals surface area contributed by atoms with Crippen molar-refractivity contribution in [1.29, 1.82) is 0 Å². The lowest BCUT2D eigenvalue weighted by Crippen LogP contribution is -2.36. The minimum Gasteiger partial charge on any atom is -0.378 e. The van der Waals surface area contributed by atoms with Crippen molar-refractivity contribution in [3.8, 4) is 0 Å². The van der Waals surface area contributed by atoms with E-state index in [4.69, 9.17) is 4.74 Å². The molecule has 0 saturated carbocycles. The second kappa shape index (κ2) is 8.36. The SMILES string of the molecule is O=C(NCc1ccccc1)NCc1ccc(N2CCOCC2)cc1. The van der Waals surface area contributed by atoms with Gasteiger partial charge in [-0.1, -0.05) is 42.5 Å². The van der Waals surface area contributed by atoms with Crippen LogP contribution in [-0.2, 0) is 17.8 Å². The summed E-state index contributed by atoms with van der Waals surface area (Å²) in [4.78, 5) is 14.2. The average Bonchev–Trinajstić information content (AvgIpc) is 2.67. The van der Waals surface area contributed by atoms with Crippen molar-refractivity contribution < 1.29 is 9.53 Å². The van der Waals surface area contributed by atoms with Crippen LogP contribution in [0.15, 0.2) is 54.6 Å². The van der Waals surface area contributed by atoms with Gasteiger partial charge in [0, 0.05) is 31.9 Å². The number of hydrogen-bond acceptors (Lipinski definition) is 3. The third-order valence-corrected chi connectivity index (χ3v) is 4.06. The van der Waals surface area contributed by atoms with Crippen LogP contribution in [0, 0.1) is 0 Å². The zero-order chi connectivity index (χ0) is 16.6. The Morgan fingerprint density at radius 3 is 2.08 bits per heavy atom. The fraction of sp³-hybridized carbons (Fsp3) is 0.316. The van der Waals surface area contributed by atoms with Gasteiger partial charge in [-0.2, -0.15) is 0 Å². The van der Waals surface area contributed by atoms with Crippen LogP contribution >= 0.6 is 0 Å². The Balaban J connectivity index is 1.43. The molecule has 1 saturated heterocycles. The Kier molecular flexibility index (Phi) is 5.69. The number of anilines is 1. The average molecular weight is 325 g/mol. The standard InChI is InChI=1S/C19H23N3O2/c23-19(20-14-16-4-2-1-3-5-16)21-15-17-6-8-18(9-7-17)22-10-12-24-13-11-22/h1-9H,10-15H2,(H2,20,21,23). The summed E-state index contributed by atoms with van der Waals surface area (Å²) in [5.41, 5.74) is 3.37. The molecule has 0 atom stereocenters. The molecule has 5 heteroatoms. The van der Waals surface area contributed by atoms with Crippen LogP contribution in [0.2, 0.25) is 0 Å². The molecule has 1 aliphatic rings. The highest BCUT2D eigenvalue weighted by Crippen LogP contribution is 2.16. The first-order valence-electron chi connectivity index (χ1n) is 8.28. The topological polar surface area (TPSA) is 53.6 Å². The predicted molar refractivity (Wildman–Crippen MR) is 95.0 cm³/mol. The molecule has 0 aromatic heterocycles. The van der Waals surface area contributed by atoms with Gasteiger partial charge < -0.3 is 20.3 Å². The van der Waals surface area contributed by atoms with Crippen LogP contribution in [0.5, 0.6) is 0 Å². The van der Waals surface area contributed by atoms with E-state index in [1.54, 1.807) is 0 Å². The number of urea groups is 1. The van der Waals surface area contributed by atoms with Crippen molar-refractivity contribution in [2.75, 3.05) is 31.2 Å². The number of carbonyl (C=O) groups is 1. The van der Waals surface area contributed by atoms with Crippen LogP contribution in [-0.4, -0.2) is 32.3 Å². The molecule has 0 bridgehead atoms. The predicted octanol–water partition coefficient (Wildman–Crippen LogP) is 2.52. The fourth-order valence-corrected chi connectivity index (χ4v) is 2.67. The Bertz CT molecular complexity index is 637. The third kappa shape index (κ3) is 4.73. The van der Waals surface area contributed by atoms with Gasteiger partial charge in [0.25, 0.3) is 0 Å². The van der Waals surface area contributed by atoms with E-state index < -0.39 is 0 Å². The van der Waals surface area contributed by atoms with E-state index in [-0.39, 0.29) is 6.03 Å². The number of rotatable bonds is 5. The van der Waals surface area contributed by atoms with Crippen molar-refractivity contribution >= 4 is 11.7 Å². The van der Waals surface area contributed by atoms with Gasteiger partial charge in [-0.25, -0.2) is 4.79 Å². The van der Waals surface area contributed by atoms with Crippen LogP contribution in [0.25, 0.3) is 0 Å². The van der Waals surface area contributed by atoms with E-state index >= 15 is 0 Å². The number of morpholine rings is 1. The van der Waals surface area contributed by atoms with Gasteiger partial charge >= 0.3 is 6.03 Å². The van der Waals surface area contributed by atoms with Crippen molar-refractivity contribution in [2.45, 2.75) is 13.1 Å². The highest BCUT2D eigenvalue weighted by atomic mass is 16.5. The largest absolute Gasteiger partial charge is 0.378 e. The molecule has 2 aromatic rings. The number of hydrogen-bond donors (Lipinski definition) is 2. The van der Waals surface area contributed by atoms with Crippen molar-refractivity contribution in [1.82, 2.24) is 10.6 Å². The van der Waals surface area contributed by atoms with Gasteiger partial charge in [0.05, 0.1) is 13.2 Å². The number of ether oxygens (including phenoxy) is 1. The number of nitrogens with zero attached hydrogens (tertiary/aromatic N) is 1. The number of nitrogens with one attached hydrogen (secondary N) is 2. The molecule has 0 aliphatic carbocycles. The van der Waals surface area contributed by atoms with Crippen molar-refractivity contribution in [2.24, 2.45) is 0 Å². The molecule has 5 nitrogen and oxygen atoms in total. The van der Waals surface area contributed by atoms with Gasteiger partial charge in [0.1, 0.15) is 0 Å². The van der Waals surface area contributed by atoms with E-state index in [1.165, 1.54) is 5.69 Å². The second-order valence-electron chi connectivity index (χ2n) is 5.79. The van der Waals surface area contributed by atoms with E-state index in [9.17, 15) is 4.79 Å². The maximum absolute atomic E-state index is 11.9. The second-order valence-corrected chi connectivity index (χ2v) is 5.79. The molecule has 126 valence electrons. The van der Waals surface area contributed by atoms with Crippen molar-refractivity contribution in [3.63, 3.8) is 0 Å². The third-order valence-electron chi connectivity index (χ3n) is 4.06. The van der Waals surface area contributed by atoms with Gasteiger partial charge in [-0.3, -0.25) is 0 Å². The summed E-state index contributed by atoms with van der Waals surface area (Å²) in [6.07, 6.45) is 0. The molecule has 1 heterocycles. The van der Waals surface area contributed by atoms with Crippen molar-refractivity contribution in [3.05, 3.63) is 65.7 Å². The van der Waals surface area contributed by atoms with Crippen LogP contribution in [0.4, 0.5) is 10.5 Å². The molecule has 0 spiro atoms. The normalized spacial score (nSPS) is 14.2. The van der Waals surface area contributed by atoms with Crippen LogP contribution in [0.3, 0.4) is 0 Å². The number of amides is 2. The summed E-state index contributed by atoms with van der Waals surface area (Å²) < 4.78 is 5.37. The molecule has 0 radical (unpaired) electrons. The summed E-state index contributed by atoms with van der Waals surface area (Å²) in [5, 5.41) is 5.74. The maximum atomic E-state index is 11.9. The lowest BCUT2D eigenvalue weighted by atomic mass is 10.2. The molecule has 24 heavy (non-hydrogen) atoms. The molecule has 0 unspecified atom stereocenters. The quantitative estimate of drug-likeness (QED) is 0.888. The minimum absolute atomic E-state index is 0.156. The molecular weight excluding hydrogens is 302 g/mol. The summed E-state index contributed by atoms with van der Waals surface area (Å²) in [5.74, 6) is 0. The Morgan fingerprint density at radius 1 is 0.875 bits per heavy atom. The minimum atomic E-state index is -0.156. The highest BCUT2D eigenvalue weighted by molar-refractivity contribution is 5.73. The van der Waals surface area contributed by atoms with Crippen LogP contribution in [0.1, 0.15) is 11.1 Å². The lowest BCUT2D eigenvalue weighted by molar-refractivity contribution is 0.122. The zero-order valence-corrected chi connectivity index (χ0v) is 13.7. The monoisotopic (exact) mass is 325 g/mol. The zero-order valence-electron chi connectivity index (χ0n) is 13.7. The smallest absolute Gasteiger partial charge is 0.315 e. The highest BCUT2D eigenvalue weighted by Gasteiger charge is 2.10. The van der Waals surface area contributed by atoms with Gasteiger partial charge in [0.2, 0.25) is 0 Å². The Morgan fingerprint density at radius 2 is 1.46 bits per heavy atom. The molecule has 3 rings (SSSR count). The molecule has 2 N–H and O–H groups in total. The number of benzene rings is 2.